The summed E-state index contributed by atoms with van der Waals surface area (Å²) >= 11 is 0. The highest BCUT2D eigenvalue weighted by atomic mass is 14.9. The quantitative estimate of drug-likeness (QED) is 0.813. The molecule has 3 nitrogen and oxygen atoms in total. The number of nitrogens with one attached hydrogen (secondary N) is 1. The first-order valence-electron chi connectivity index (χ1n) is 5.71. The fourth-order valence-electron chi connectivity index (χ4n) is 1.96. The Morgan fingerprint density at radius 2 is 1.73 bits per heavy atom. The van der Waals surface area contributed by atoms with Gasteiger partial charge in [0.1, 0.15) is 5.82 Å². The normalized spacial score (nSPS) is 15.7. The smallest absolute Gasteiger partial charge is 0.125 e. The van der Waals surface area contributed by atoms with Crippen molar-refractivity contribution in [3.8, 4) is 0 Å². The van der Waals surface area contributed by atoms with E-state index in [9.17, 15) is 0 Å². The molecule has 1 saturated carbocycles. The van der Waals surface area contributed by atoms with Crippen LogP contribution in [0.15, 0.2) is 0 Å². The molecule has 3 heteroatoms. The van der Waals surface area contributed by atoms with Crippen molar-refractivity contribution in [2.45, 2.75) is 46.1 Å². The lowest BCUT2D eigenvalue weighted by molar-refractivity contribution is 0.674. The summed E-state index contributed by atoms with van der Waals surface area (Å²) in [6.45, 7) is 7.16. The summed E-state index contributed by atoms with van der Waals surface area (Å²) in [5, 5.41) is 3.52. The Hall–Kier alpha value is -0.960. The van der Waals surface area contributed by atoms with Crippen LogP contribution in [0.25, 0.3) is 0 Å². The first-order chi connectivity index (χ1) is 7.16. The van der Waals surface area contributed by atoms with Gasteiger partial charge in [0.15, 0.2) is 0 Å². The number of nitrogens with zero attached hydrogens (tertiary/aromatic N) is 2. The molecule has 15 heavy (non-hydrogen) atoms. The molecule has 0 spiro atoms. The van der Waals surface area contributed by atoms with Crippen LogP contribution in [0.5, 0.6) is 0 Å². The van der Waals surface area contributed by atoms with Crippen LogP contribution in [0.4, 0.5) is 0 Å². The fourth-order valence-corrected chi connectivity index (χ4v) is 1.96. The standard InChI is InChI=1S/C12H19N3/c1-8-12(6-7-13-11-4-5-11)9(2)15-10(3)14-8/h11,13H,4-7H2,1-3H3. The third kappa shape index (κ3) is 2.75. The molecule has 0 aliphatic heterocycles. The van der Waals surface area contributed by atoms with E-state index in [4.69, 9.17) is 0 Å². The molecule has 1 N–H and O–H groups in total. The molecule has 0 radical (unpaired) electrons. The lowest BCUT2D eigenvalue weighted by Gasteiger charge is -2.09. The zero-order valence-electron chi connectivity index (χ0n) is 9.80. The first-order valence-corrected chi connectivity index (χ1v) is 5.71. The Bertz CT molecular complexity index is 333. The summed E-state index contributed by atoms with van der Waals surface area (Å²) in [6.07, 6.45) is 3.75. The van der Waals surface area contributed by atoms with Crippen molar-refractivity contribution >= 4 is 0 Å². The van der Waals surface area contributed by atoms with E-state index in [1.165, 1.54) is 18.4 Å². The van der Waals surface area contributed by atoms with Crippen molar-refractivity contribution in [3.05, 3.63) is 22.8 Å². The van der Waals surface area contributed by atoms with E-state index in [2.05, 4.69) is 29.1 Å². The number of rotatable bonds is 4. The fraction of sp³-hybridized carbons (Fsp3) is 0.667. The Morgan fingerprint density at radius 1 is 1.13 bits per heavy atom. The highest BCUT2D eigenvalue weighted by Crippen LogP contribution is 2.18. The van der Waals surface area contributed by atoms with Crippen molar-refractivity contribution in [1.29, 1.82) is 0 Å². The summed E-state index contributed by atoms with van der Waals surface area (Å²) in [6, 6.07) is 0.789. The lowest BCUT2D eigenvalue weighted by Crippen LogP contribution is -2.20. The van der Waals surface area contributed by atoms with E-state index < -0.39 is 0 Å². The molecule has 0 atom stereocenters. The maximum absolute atomic E-state index is 4.41. The molecule has 0 aromatic carbocycles. The Balaban J connectivity index is 1.99. The van der Waals surface area contributed by atoms with Gasteiger partial charge >= 0.3 is 0 Å². The molecule has 82 valence electrons. The van der Waals surface area contributed by atoms with Gasteiger partial charge in [0.25, 0.3) is 0 Å². The largest absolute Gasteiger partial charge is 0.314 e. The minimum atomic E-state index is 0.789. The highest BCUT2D eigenvalue weighted by molar-refractivity contribution is 5.24. The second-order valence-electron chi connectivity index (χ2n) is 4.40. The van der Waals surface area contributed by atoms with Crippen LogP contribution < -0.4 is 5.32 Å². The van der Waals surface area contributed by atoms with Crippen molar-refractivity contribution in [1.82, 2.24) is 15.3 Å². The van der Waals surface area contributed by atoms with Crippen LogP contribution >= 0.6 is 0 Å². The average Bonchev–Trinajstić information content (AvgIpc) is 2.93. The third-order valence-electron chi connectivity index (χ3n) is 2.92. The van der Waals surface area contributed by atoms with Gasteiger partial charge in [-0.3, -0.25) is 0 Å². The number of aromatic nitrogens is 2. The van der Waals surface area contributed by atoms with Crippen molar-refractivity contribution in [2.24, 2.45) is 0 Å². The second-order valence-corrected chi connectivity index (χ2v) is 4.40. The molecule has 1 heterocycles. The molecule has 1 aromatic heterocycles. The van der Waals surface area contributed by atoms with Gasteiger partial charge in [-0.15, -0.1) is 0 Å². The summed E-state index contributed by atoms with van der Waals surface area (Å²) in [5.41, 5.74) is 3.59. The van der Waals surface area contributed by atoms with E-state index in [0.717, 1.165) is 36.2 Å². The van der Waals surface area contributed by atoms with Gasteiger partial charge < -0.3 is 5.32 Å². The summed E-state index contributed by atoms with van der Waals surface area (Å²) in [5.74, 6) is 0.879. The molecule has 0 unspecified atom stereocenters. The van der Waals surface area contributed by atoms with E-state index >= 15 is 0 Å². The van der Waals surface area contributed by atoms with E-state index in [1.807, 2.05) is 6.92 Å². The molecular formula is C12H19N3. The van der Waals surface area contributed by atoms with Crippen molar-refractivity contribution in [3.63, 3.8) is 0 Å². The molecule has 0 saturated heterocycles. The van der Waals surface area contributed by atoms with Gasteiger partial charge in [-0.05, 0) is 52.1 Å². The van der Waals surface area contributed by atoms with Gasteiger partial charge in [0.2, 0.25) is 0 Å². The molecule has 1 fully saturated rings. The number of hydrogen-bond donors (Lipinski definition) is 1. The van der Waals surface area contributed by atoms with E-state index in [-0.39, 0.29) is 0 Å². The highest BCUT2D eigenvalue weighted by Gasteiger charge is 2.20. The van der Waals surface area contributed by atoms with Crippen LogP contribution in [-0.2, 0) is 6.42 Å². The van der Waals surface area contributed by atoms with Crippen LogP contribution in [0, 0.1) is 20.8 Å². The summed E-state index contributed by atoms with van der Waals surface area (Å²) in [4.78, 5) is 8.82. The predicted molar refractivity (Wildman–Crippen MR) is 61.0 cm³/mol. The van der Waals surface area contributed by atoms with E-state index in [1.54, 1.807) is 0 Å². The maximum atomic E-state index is 4.41. The van der Waals surface area contributed by atoms with Crippen LogP contribution in [0.1, 0.15) is 35.6 Å². The van der Waals surface area contributed by atoms with Gasteiger partial charge in [-0.2, -0.15) is 0 Å². The van der Waals surface area contributed by atoms with Gasteiger partial charge in [-0.1, -0.05) is 0 Å². The molecule has 1 aliphatic carbocycles. The minimum absolute atomic E-state index is 0.789. The average molecular weight is 205 g/mol. The first kappa shape index (κ1) is 10.6. The van der Waals surface area contributed by atoms with Crippen LogP contribution in [0.2, 0.25) is 0 Å². The summed E-state index contributed by atoms with van der Waals surface area (Å²) in [7, 11) is 0. The number of hydrogen-bond acceptors (Lipinski definition) is 3. The minimum Gasteiger partial charge on any atom is -0.314 e. The van der Waals surface area contributed by atoms with Gasteiger partial charge in [0, 0.05) is 17.4 Å². The van der Waals surface area contributed by atoms with Crippen molar-refractivity contribution in [2.75, 3.05) is 6.54 Å². The number of aryl methyl sites for hydroxylation is 3. The molecule has 2 rings (SSSR count). The van der Waals surface area contributed by atoms with Gasteiger partial charge in [-0.25, -0.2) is 9.97 Å². The Morgan fingerprint density at radius 3 is 2.27 bits per heavy atom. The van der Waals surface area contributed by atoms with E-state index in [0.29, 0.717) is 0 Å². The molecule has 1 aromatic rings. The third-order valence-corrected chi connectivity index (χ3v) is 2.92. The maximum Gasteiger partial charge on any atom is 0.125 e. The Kier molecular flexibility index (Phi) is 3.00. The lowest BCUT2D eigenvalue weighted by atomic mass is 10.1. The van der Waals surface area contributed by atoms with Crippen LogP contribution in [0.3, 0.4) is 0 Å². The summed E-state index contributed by atoms with van der Waals surface area (Å²) < 4.78 is 0. The molecule has 0 bridgehead atoms. The molecule has 1 aliphatic rings. The molecule has 0 amide bonds. The monoisotopic (exact) mass is 205 g/mol. The molecular weight excluding hydrogens is 186 g/mol. The zero-order chi connectivity index (χ0) is 10.8. The SMILES string of the molecule is Cc1nc(C)c(CCNC2CC2)c(C)n1. The van der Waals surface area contributed by atoms with Crippen LogP contribution in [-0.4, -0.2) is 22.6 Å². The van der Waals surface area contributed by atoms with Gasteiger partial charge in [0.05, 0.1) is 0 Å². The topological polar surface area (TPSA) is 37.8 Å². The second kappa shape index (κ2) is 4.27. The van der Waals surface area contributed by atoms with Crippen molar-refractivity contribution < 1.29 is 0 Å². The predicted octanol–water partition coefficient (Wildman–Crippen LogP) is 1.70. The Labute approximate surface area is 91.3 Å². The zero-order valence-corrected chi connectivity index (χ0v) is 9.80.